The number of amides is 4. The van der Waals surface area contributed by atoms with Gasteiger partial charge in [-0.15, -0.1) is 0 Å². The number of unbranched alkanes of at least 4 members (excludes halogenated alkanes) is 2. The smallest absolute Gasteiger partial charge is 0.246 e. The van der Waals surface area contributed by atoms with Crippen molar-refractivity contribution in [2.24, 2.45) is 0 Å². The van der Waals surface area contributed by atoms with E-state index in [0.29, 0.717) is 58.1 Å². The van der Waals surface area contributed by atoms with E-state index in [4.69, 9.17) is 4.74 Å². The van der Waals surface area contributed by atoms with Crippen LogP contribution in [-0.2, 0) is 41.6 Å². The summed E-state index contributed by atoms with van der Waals surface area (Å²) in [7, 11) is 0. The van der Waals surface area contributed by atoms with Crippen molar-refractivity contribution in [3.63, 3.8) is 0 Å². The Morgan fingerprint density at radius 2 is 1.33 bits per heavy atom. The van der Waals surface area contributed by atoms with Gasteiger partial charge in [-0.2, -0.15) is 0 Å². The second kappa shape index (κ2) is 14.4. The van der Waals surface area contributed by atoms with Crippen LogP contribution in [0.1, 0.15) is 56.1 Å². The highest BCUT2D eigenvalue weighted by Crippen LogP contribution is 2.21. The zero-order chi connectivity index (χ0) is 30.2. The van der Waals surface area contributed by atoms with Gasteiger partial charge in [0, 0.05) is 25.8 Å². The van der Waals surface area contributed by atoms with Gasteiger partial charge in [0.15, 0.2) is 5.78 Å². The summed E-state index contributed by atoms with van der Waals surface area (Å²) in [5.41, 5.74) is 1.73. The molecule has 228 valence electrons. The first-order valence-corrected chi connectivity index (χ1v) is 15.3. The Morgan fingerprint density at radius 1 is 0.744 bits per heavy atom. The number of ether oxygens (including phenoxy) is 1. The third-order valence-electron chi connectivity index (χ3n) is 8.39. The maximum absolute atomic E-state index is 13.9. The number of nitrogens with one attached hydrogen (secondary N) is 3. The second-order valence-corrected chi connectivity index (χ2v) is 11.6. The van der Waals surface area contributed by atoms with Gasteiger partial charge in [-0.05, 0) is 36.8 Å². The molecule has 0 unspecified atom stereocenters. The minimum atomic E-state index is -0.953. The summed E-state index contributed by atoms with van der Waals surface area (Å²) in [4.78, 5) is 68.4. The number of carbonyl (C=O) groups excluding carboxylic acids is 5. The van der Waals surface area contributed by atoms with E-state index in [-0.39, 0.29) is 36.5 Å². The molecule has 3 aliphatic heterocycles. The van der Waals surface area contributed by atoms with Gasteiger partial charge >= 0.3 is 0 Å². The van der Waals surface area contributed by atoms with Gasteiger partial charge in [0.1, 0.15) is 30.3 Å². The SMILES string of the molecule is O=C1N[C@@H](Cc2ccccc2)C(=O)N2CCC[C@@H]2C(=O)N[C@@H](CCCCCC(=O)[C@H]2CO2)C(=O)N[C@H]1Cc1ccccc1. The number of rotatable bonds is 11. The van der Waals surface area contributed by atoms with Crippen LogP contribution < -0.4 is 16.0 Å². The van der Waals surface area contributed by atoms with E-state index in [0.717, 1.165) is 11.1 Å². The number of ketones is 1. The number of hydrogen-bond acceptors (Lipinski definition) is 6. The highest BCUT2D eigenvalue weighted by atomic mass is 16.6. The maximum atomic E-state index is 13.9. The minimum Gasteiger partial charge on any atom is -0.365 e. The summed E-state index contributed by atoms with van der Waals surface area (Å²) in [6, 6.07) is 15.4. The first-order valence-electron chi connectivity index (χ1n) is 15.3. The zero-order valence-corrected chi connectivity index (χ0v) is 24.3. The van der Waals surface area contributed by atoms with Gasteiger partial charge in [0.25, 0.3) is 0 Å². The third kappa shape index (κ3) is 8.28. The number of Topliss-reactive ketones (excluding diaryl/α,β-unsaturated/α-hetero) is 1. The van der Waals surface area contributed by atoms with Crippen molar-refractivity contribution in [2.75, 3.05) is 13.2 Å². The maximum Gasteiger partial charge on any atom is 0.246 e. The van der Waals surface area contributed by atoms with Crippen LogP contribution >= 0.6 is 0 Å². The first kappa shape index (κ1) is 30.4. The molecule has 3 fully saturated rings. The molecule has 0 aromatic heterocycles. The molecular weight excluding hydrogens is 548 g/mol. The van der Waals surface area contributed by atoms with Crippen LogP contribution in [-0.4, -0.2) is 77.7 Å². The van der Waals surface area contributed by atoms with E-state index in [1.807, 2.05) is 60.7 Å². The standard InChI is InChI=1S/C33H40N4O6/c38-28(29-21-43-29)17-9-3-8-15-24-30(39)35-25(19-22-11-4-1-5-12-22)31(40)36-26(20-23-13-6-2-7-14-23)33(42)37-18-10-16-27(37)32(41)34-24/h1-2,4-7,11-14,24-27,29H,3,8-10,15-21H2,(H,34,41)(H,35,39)(H,36,40)/t24-,25-,26-,27+,29+/m0/s1. The van der Waals surface area contributed by atoms with Crippen LogP contribution in [0.5, 0.6) is 0 Å². The van der Waals surface area contributed by atoms with Crippen LogP contribution in [0, 0.1) is 0 Å². The van der Waals surface area contributed by atoms with E-state index in [1.54, 1.807) is 4.90 Å². The van der Waals surface area contributed by atoms with Crippen LogP contribution in [0.25, 0.3) is 0 Å². The fraction of sp³-hybridized carbons (Fsp3) is 0.485. The van der Waals surface area contributed by atoms with Crippen molar-refractivity contribution in [2.45, 2.75) is 88.1 Å². The Bertz CT molecular complexity index is 1300. The highest BCUT2D eigenvalue weighted by Gasteiger charge is 2.40. The van der Waals surface area contributed by atoms with Crippen LogP contribution in [0.3, 0.4) is 0 Å². The number of epoxide rings is 1. The predicted octanol–water partition coefficient (Wildman–Crippen LogP) is 1.85. The van der Waals surface area contributed by atoms with Crippen LogP contribution in [0.4, 0.5) is 0 Å². The van der Waals surface area contributed by atoms with Crippen molar-refractivity contribution >= 4 is 29.4 Å². The molecule has 2 aromatic carbocycles. The van der Waals surface area contributed by atoms with E-state index in [2.05, 4.69) is 16.0 Å². The topological polar surface area (TPSA) is 137 Å². The largest absolute Gasteiger partial charge is 0.365 e. The molecule has 5 atom stereocenters. The Labute approximate surface area is 251 Å². The van der Waals surface area contributed by atoms with Gasteiger partial charge in [-0.3, -0.25) is 24.0 Å². The van der Waals surface area contributed by atoms with E-state index in [9.17, 15) is 24.0 Å². The van der Waals surface area contributed by atoms with Crippen molar-refractivity contribution in [3.8, 4) is 0 Å². The predicted molar refractivity (Wildman–Crippen MR) is 159 cm³/mol. The van der Waals surface area contributed by atoms with Gasteiger partial charge < -0.3 is 25.6 Å². The molecule has 4 amide bonds. The van der Waals surface area contributed by atoms with Crippen molar-refractivity contribution in [3.05, 3.63) is 71.8 Å². The van der Waals surface area contributed by atoms with Gasteiger partial charge in [0.2, 0.25) is 23.6 Å². The number of hydrogen-bond donors (Lipinski definition) is 3. The lowest BCUT2D eigenvalue weighted by Crippen LogP contribution is -2.61. The molecule has 0 spiro atoms. The van der Waals surface area contributed by atoms with Crippen molar-refractivity contribution in [1.82, 2.24) is 20.9 Å². The first-order chi connectivity index (χ1) is 20.9. The molecule has 5 rings (SSSR count). The quantitative estimate of drug-likeness (QED) is 0.271. The van der Waals surface area contributed by atoms with Crippen LogP contribution in [0.2, 0.25) is 0 Å². The molecule has 0 bridgehead atoms. The summed E-state index contributed by atoms with van der Waals surface area (Å²) in [5, 5.41) is 8.72. The van der Waals surface area contributed by atoms with Gasteiger partial charge in [-0.1, -0.05) is 73.5 Å². The third-order valence-corrected chi connectivity index (χ3v) is 8.39. The summed E-state index contributed by atoms with van der Waals surface area (Å²) in [6.45, 7) is 0.902. The second-order valence-electron chi connectivity index (χ2n) is 11.6. The molecule has 3 aliphatic rings. The van der Waals surface area contributed by atoms with E-state index >= 15 is 0 Å². The highest BCUT2D eigenvalue weighted by molar-refractivity contribution is 5.98. The van der Waals surface area contributed by atoms with Gasteiger partial charge in [0.05, 0.1) is 6.61 Å². The average Bonchev–Trinajstić information content (AvgIpc) is 3.75. The lowest BCUT2D eigenvalue weighted by atomic mass is 10.00. The molecule has 3 N–H and O–H groups in total. The number of fused-ring (bicyclic) bond motifs is 1. The number of benzene rings is 2. The fourth-order valence-corrected chi connectivity index (χ4v) is 5.91. The van der Waals surface area contributed by atoms with Crippen molar-refractivity contribution < 1.29 is 28.7 Å². The molecule has 0 radical (unpaired) electrons. The molecule has 0 saturated carbocycles. The van der Waals surface area contributed by atoms with Gasteiger partial charge in [-0.25, -0.2) is 0 Å². The molecule has 2 aromatic rings. The van der Waals surface area contributed by atoms with Crippen LogP contribution in [0.15, 0.2) is 60.7 Å². The summed E-state index contributed by atoms with van der Waals surface area (Å²) in [5.74, 6) is -1.46. The molecule has 0 aliphatic carbocycles. The lowest BCUT2D eigenvalue weighted by Gasteiger charge is -2.32. The Morgan fingerprint density at radius 3 is 1.98 bits per heavy atom. The number of nitrogens with zero attached hydrogens (tertiary/aromatic N) is 1. The Kier molecular flexibility index (Phi) is 10.2. The molecule has 10 heteroatoms. The molecular formula is C33H40N4O6. The lowest BCUT2D eigenvalue weighted by molar-refractivity contribution is -0.143. The summed E-state index contributed by atoms with van der Waals surface area (Å²) < 4.78 is 5.04. The minimum absolute atomic E-state index is 0.100. The van der Waals surface area contributed by atoms with E-state index < -0.39 is 36.0 Å². The Balaban J connectivity index is 1.36. The molecule has 3 saturated heterocycles. The fourth-order valence-electron chi connectivity index (χ4n) is 5.91. The van der Waals surface area contributed by atoms with Crippen molar-refractivity contribution in [1.29, 1.82) is 0 Å². The Hall–Kier alpha value is -4.05. The monoisotopic (exact) mass is 588 g/mol. The zero-order valence-electron chi connectivity index (χ0n) is 24.3. The average molecular weight is 589 g/mol. The summed E-state index contributed by atoms with van der Waals surface area (Å²) in [6.07, 6.45) is 4.15. The summed E-state index contributed by atoms with van der Waals surface area (Å²) >= 11 is 0. The molecule has 43 heavy (non-hydrogen) atoms. The number of carbonyl (C=O) groups is 5. The van der Waals surface area contributed by atoms with E-state index in [1.165, 1.54) is 0 Å². The molecule has 3 heterocycles. The molecule has 10 nitrogen and oxygen atoms in total. The normalized spacial score (nSPS) is 26.0.